The Morgan fingerprint density at radius 2 is 1.82 bits per heavy atom. The first-order chi connectivity index (χ1) is 24.2. The summed E-state index contributed by atoms with van der Waals surface area (Å²) in [5, 5.41) is 31.6. The van der Waals surface area contributed by atoms with Crippen molar-refractivity contribution in [3.63, 3.8) is 0 Å². The maximum Gasteiger partial charge on any atom is 0.477 e. The van der Waals surface area contributed by atoms with Crippen LogP contribution in [-0.2, 0) is 50.2 Å². The maximum absolute atomic E-state index is 13.4. The van der Waals surface area contributed by atoms with Crippen LogP contribution in [0.1, 0.15) is 41.6 Å². The fourth-order valence-electron chi connectivity index (χ4n) is 5.78. The van der Waals surface area contributed by atoms with Crippen LogP contribution in [0.3, 0.4) is 0 Å². The number of rotatable bonds is 16. The van der Waals surface area contributed by atoms with Gasteiger partial charge in [-0.05, 0) is 33.5 Å². The summed E-state index contributed by atoms with van der Waals surface area (Å²) in [5.41, 5.74) is 3.58. The summed E-state index contributed by atoms with van der Waals surface area (Å²) >= 11 is 6.50. The third-order valence-corrected chi connectivity index (χ3v) is 9.83. The van der Waals surface area contributed by atoms with Crippen LogP contribution >= 0.6 is 19.4 Å². The van der Waals surface area contributed by atoms with E-state index in [2.05, 4.69) is 25.6 Å². The number of imidazole rings is 1. The Kier molecular flexibility index (Phi) is 11.7. The number of tetrazole rings is 1. The summed E-state index contributed by atoms with van der Waals surface area (Å²) in [6.07, 6.45) is -0.993. The molecule has 0 aliphatic carbocycles. The molecule has 2 fully saturated rings. The van der Waals surface area contributed by atoms with Crippen LogP contribution in [0.25, 0.3) is 22.5 Å². The minimum atomic E-state index is -4.29. The molecule has 2 aliphatic heterocycles. The van der Waals surface area contributed by atoms with Gasteiger partial charge in [-0.2, -0.15) is 0 Å². The number of esters is 1. The Balaban J connectivity index is 1.13. The van der Waals surface area contributed by atoms with Gasteiger partial charge >= 0.3 is 13.8 Å². The molecule has 6 rings (SSSR count). The lowest BCUT2D eigenvalue weighted by atomic mass is 9.98. The van der Waals surface area contributed by atoms with Crippen molar-refractivity contribution in [2.24, 2.45) is 0 Å². The average molecular weight is 736 g/mol. The first kappa shape index (κ1) is 36.2. The van der Waals surface area contributed by atoms with Crippen molar-refractivity contribution in [3.05, 3.63) is 70.8 Å². The van der Waals surface area contributed by atoms with Crippen molar-refractivity contribution in [1.82, 2.24) is 35.6 Å². The molecule has 2 aromatic carbocycles. The van der Waals surface area contributed by atoms with Gasteiger partial charge in [0.2, 0.25) is 6.79 Å². The van der Waals surface area contributed by atoms with Gasteiger partial charge in [-0.3, -0.25) is 19.5 Å². The molecular formula is C30H35ClN7O11P. The SMILES string of the molecule is CCCCc1nc(Cl)c(C(=O)OCOP(=O)(OC)O[C@H]2CO[C@H]3[C@@H]2OC[C@H]3ON(O)O)n1Cc1ccc(-c2ccccc2-c2nnn[nH]2)cc1. The average Bonchev–Trinajstić information content (AvgIpc) is 3.91. The highest BCUT2D eigenvalue weighted by Gasteiger charge is 2.52. The molecule has 0 radical (unpaired) electrons. The third-order valence-electron chi connectivity index (χ3n) is 8.17. The van der Waals surface area contributed by atoms with Crippen molar-refractivity contribution >= 4 is 25.4 Å². The number of H-pyrrole nitrogens is 1. The van der Waals surface area contributed by atoms with Crippen molar-refractivity contribution in [2.75, 3.05) is 27.1 Å². The van der Waals surface area contributed by atoms with Crippen LogP contribution in [0.5, 0.6) is 0 Å². The van der Waals surface area contributed by atoms with Gasteiger partial charge < -0.3 is 18.8 Å². The molecule has 4 heterocycles. The van der Waals surface area contributed by atoms with E-state index in [1.807, 2.05) is 55.5 Å². The minimum Gasteiger partial charge on any atom is -0.433 e. The number of ether oxygens (including phenoxy) is 3. The Hall–Kier alpha value is -3.65. The zero-order chi connectivity index (χ0) is 35.3. The molecule has 2 saturated heterocycles. The number of unbranched alkanes of at least 4 members (excludes halogenated alkanes) is 1. The summed E-state index contributed by atoms with van der Waals surface area (Å²) in [4.78, 5) is 22.7. The Bertz CT molecular complexity index is 1790. The van der Waals surface area contributed by atoms with Gasteiger partial charge in [-0.1, -0.05) is 73.5 Å². The molecule has 2 aromatic heterocycles. The number of fused-ring (bicyclic) bond motifs is 1. The van der Waals surface area contributed by atoms with Crippen LogP contribution in [0.2, 0.25) is 5.15 Å². The van der Waals surface area contributed by atoms with E-state index in [1.165, 1.54) is 0 Å². The van der Waals surface area contributed by atoms with Crippen molar-refractivity contribution < 1.29 is 52.4 Å². The molecule has 3 N–H and O–H groups in total. The number of carbonyl (C=O) groups excluding carboxylic acids is 1. The van der Waals surface area contributed by atoms with E-state index in [0.29, 0.717) is 18.1 Å². The second-order valence-electron chi connectivity index (χ2n) is 11.3. The highest BCUT2D eigenvalue weighted by atomic mass is 35.5. The highest BCUT2D eigenvalue weighted by Crippen LogP contribution is 2.51. The predicted octanol–water partition coefficient (Wildman–Crippen LogP) is 4.22. The molecule has 0 saturated carbocycles. The molecule has 268 valence electrons. The number of hydrogen-bond acceptors (Lipinski definition) is 16. The van der Waals surface area contributed by atoms with Crippen LogP contribution in [0.4, 0.5) is 0 Å². The molecule has 50 heavy (non-hydrogen) atoms. The van der Waals surface area contributed by atoms with E-state index in [9.17, 15) is 9.36 Å². The van der Waals surface area contributed by atoms with Gasteiger partial charge in [0.15, 0.2) is 16.7 Å². The Morgan fingerprint density at radius 1 is 1.10 bits per heavy atom. The van der Waals surface area contributed by atoms with E-state index in [0.717, 1.165) is 42.2 Å². The van der Waals surface area contributed by atoms with Gasteiger partial charge in [0.05, 0.1) is 18.6 Å². The minimum absolute atomic E-state index is 0.000946. The zero-order valence-corrected chi connectivity index (χ0v) is 28.6. The number of phosphoric acid groups is 1. The van der Waals surface area contributed by atoms with E-state index in [4.69, 9.17) is 54.6 Å². The van der Waals surface area contributed by atoms with Crippen LogP contribution in [0, 0.1) is 0 Å². The zero-order valence-electron chi connectivity index (χ0n) is 27.0. The molecule has 20 heteroatoms. The smallest absolute Gasteiger partial charge is 0.433 e. The fraction of sp³-hybridized carbons (Fsp3) is 0.433. The van der Waals surface area contributed by atoms with Crippen LogP contribution < -0.4 is 0 Å². The fourth-order valence-corrected chi connectivity index (χ4v) is 7.00. The van der Waals surface area contributed by atoms with Gasteiger partial charge in [-0.25, -0.2) is 28.8 Å². The van der Waals surface area contributed by atoms with Crippen LogP contribution in [-0.4, -0.2) is 103 Å². The third kappa shape index (κ3) is 8.11. The largest absolute Gasteiger partial charge is 0.477 e. The molecular weight excluding hydrogens is 701 g/mol. The number of phosphoric ester groups is 1. The molecule has 1 unspecified atom stereocenters. The maximum atomic E-state index is 13.4. The molecule has 0 bridgehead atoms. The van der Waals surface area contributed by atoms with Gasteiger partial charge in [0, 0.05) is 25.6 Å². The number of halogens is 1. The second kappa shape index (κ2) is 16.1. The van der Waals surface area contributed by atoms with Crippen LogP contribution in [0.15, 0.2) is 48.5 Å². The normalized spacial score (nSPS) is 21.4. The van der Waals surface area contributed by atoms with Gasteiger partial charge in [0.25, 0.3) is 0 Å². The summed E-state index contributed by atoms with van der Waals surface area (Å²) in [6, 6.07) is 15.6. The standard InChI is InChI=1S/C30H35ClN7O11P/c1-3-4-9-24-32-28(31)25(37(24)14-18-10-12-19(13-11-18)20-7-5-6-8-21(20)29-33-35-36-34-29)30(39)46-17-47-50(42,43-2)49-23-16-45-26-22(48-38(40)41)15-44-27(23)26/h5-8,10-13,22-23,26-27,40-41H,3-4,9,14-17H2,1-2H3,(H,33,34,35,36)/t22-,23+,26-,27-,50?/m1/s1. The first-order valence-corrected chi connectivity index (χ1v) is 17.4. The predicted molar refractivity (Wildman–Crippen MR) is 171 cm³/mol. The lowest BCUT2D eigenvalue weighted by Gasteiger charge is -2.22. The number of nitrogens with zero attached hydrogens (tertiary/aromatic N) is 6. The summed E-state index contributed by atoms with van der Waals surface area (Å²) < 4.78 is 47.3. The van der Waals surface area contributed by atoms with Crippen molar-refractivity contribution in [2.45, 2.75) is 57.1 Å². The van der Waals surface area contributed by atoms with E-state index in [1.54, 1.807) is 4.57 Å². The summed E-state index contributed by atoms with van der Waals surface area (Å²) in [5.74, 6) is 0.286. The molecule has 4 aromatic rings. The first-order valence-electron chi connectivity index (χ1n) is 15.6. The lowest BCUT2D eigenvalue weighted by molar-refractivity contribution is -0.507. The van der Waals surface area contributed by atoms with E-state index < -0.39 is 50.4 Å². The quantitative estimate of drug-likeness (QED) is 0.0635. The van der Waals surface area contributed by atoms with Crippen molar-refractivity contribution in [1.29, 1.82) is 0 Å². The number of aryl methyl sites for hydroxylation is 1. The number of aromatic nitrogens is 6. The monoisotopic (exact) mass is 735 g/mol. The molecule has 0 spiro atoms. The number of nitrogens with one attached hydrogen (secondary N) is 1. The van der Waals surface area contributed by atoms with Crippen molar-refractivity contribution in [3.8, 4) is 22.5 Å². The second-order valence-corrected chi connectivity index (χ2v) is 13.4. The molecule has 5 atom stereocenters. The summed E-state index contributed by atoms with van der Waals surface area (Å²) in [6.45, 7) is 1.38. The number of carbonyl (C=O) groups is 1. The van der Waals surface area contributed by atoms with Gasteiger partial charge in [0.1, 0.15) is 30.2 Å². The Morgan fingerprint density at radius 3 is 2.50 bits per heavy atom. The van der Waals surface area contributed by atoms with E-state index in [-0.39, 0.29) is 30.6 Å². The number of hydrogen-bond donors (Lipinski definition) is 3. The topological polar surface area (TPSA) is 215 Å². The lowest BCUT2D eigenvalue weighted by Crippen LogP contribution is -2.36. The highest BCUT2D eigenvalue weighted by molar-refractivity contribution is 7.48. The molecule has 2 aliphatic rings. The molecule has 18 nitrogen and oxygen atoms in total. The summed E-state index contributed by atoms with van der Waals surface area (Å²) in [7, 11) is -3.18. The van der Waals surface area contributed by atoms with E-state index >= 15 is 0 Å². The number of benzene rings is 2. The molecule has 0 amide bonds. The Labute approximate surface area is 290 Å². The number of aromatic amines is 1. The van der Waals surface area contributed by atoms with Gasteiger partial charge in [-0.15, -0.1) is 5.10 Å².